The van der Waals surface area contributed by atoms with Gasteiger partial charge in [-0.05, 0) is 20.8 Å². The molecule has 1 amide bonds. The third-order valence-electron chi connectivity index (χ3n) is 3.58. The molecule has 0 aliphatic carbocycles. The smallest absolute Gasteiger partial charge is 0.410 e. The SMILES string of the molecule is CC(C)(C)OC(=O)N1CCN(c2cn3c(=O)cc(O)nc3s2)CC1. The minimum absolute atomic E-state index is 0.275. The van der Waals surface area contributed by atoms with Crippen LogP contribution >= 0.6 is 11.3 Å². The normalized spacial score (nSPS) is 15.8. The van der Waals surface area contributed by atoms with Gasteiger partial charge in [-0.3, -0.25) is 9.20 Å². The molecule has 2 aromatic heterocycles. The molecule has 0 spiro atoms. The minimum atomic E-state index is -0.505. The number of aromatic hydroxyl groups is 1. The molecule has 0 aromatic carbocycles. The Morgan fingerprint density at radius 1 is 1.29 bits per heavy atom. The molecule has 1 N–H and O–H groups in total. The molecule has 24 heavy (non-hydrogen) atoms. The van der Waals surface area contributed by atoms with Crippen LogP contribution < -0.4 is 10.5 Å². The first-order valence-corrected chi connectivity index (χ1v) is 8.50. The van der Waals surface area contributed by atoms with Crippen molar-refractivity contribution in [2.75, 3.05) is 31.1 Å². The second-order valence-corrected chi connectivity index (χ2v) is 7.62. The van der Waals surface area contributed by atoms with E-state index in [1.165, 1.54) is 15.7 Å². The second kappa shape index (κ2) is 5.97. The molecular formula is C15H20N4O4S. The summed E-state index contributed by atoms with van der Waals surface area (Å²) >= 11 is 1.33. The fourth-order valence-electron chi connectivity index (χ4n) is 2.46. The summed E-state index contributed by atoms with van der Waals surface area (Å²) in [4.78, 5) is 32.1. The molecule has 130 valence electrons. The summed E-state index contributed by atoms with van der Waals surface area (Å²) < 4.78 is 6.80. The number of rotatable bonds is 1. The Labute approximate surface area is 142 Å². The third-order valence-corrected chi connectivity index (χ3v) is 4.63. The quantitative estimate of drug-likeness (QED) is 0.837. The highest BCUT2D eigenvalue weighted by Crippen LogP contribution is 2.26. The van der Waals surface area contributed by atoms with Crippen LogP contribution in [0, 0.1) is 0 Å². The molecule has 1 saturated heterocycles. The summed E-state index contributed by atoms with van der Waals surface area (Å²) in [5.74, 6) is -0.275. The monoisotopic (exact) mass is 352 g/mol. The number of fused-ring (bicyclic) bond motifs is 1. The Morgan fingerprint density at radius 3 is 2.58 bits per heavy atom. The first kappa shape index (κ1) is 16.6. The van der Waals surface area contributed by atoms with Crippen molar-refractivity contribution in [3.8, 4) is 5.88 Å². The van der Waals surface area contributed by atoms with E-state index in [-0.39, 0.29) is 17.5 Å². The molecule has 2 aromatic rings. The van der Waals surface area contributed by atoms with Crippen molar-refractivity contribution in [2.24, 2.45) is 0 Å². The van der Waals surface area contributed by atoms with Gasteiger partial charge in [0.1, 0.15) is 10.6 Å². The summed E-state index contributed by atoms with van der Waals surface area (Å²) in [6, 6.07) is 1.09. The predicted molar refractivity (Wildman–Crippen MR) is 91.0 cm³/mol. The lowest BCUT2D eigenvalue weighted by molar-refractivity contribution is 0.0241. The van der Waals surface area contributed by atoms with Gasteiger partial charge in [-0.15, -0.1) is 0 Å². The number of carbonyl (C=O) groups is 1. The van der Waals surface area contributed by atoms with Gasteiger partial charge < -0.3 is 19.6 Å². The van der Waals surface area contributed by atoms with Crippen LogP contribution in [0.25, 0.3) is 4.96 Å². The molecule has 1 aliphatic heterocycles. The van der Waals surface area contributed by atoms with Crippen LogP contribution in [-0.4, -0.2) is 57.3 Å². The van der Waals surface area contributed by atoms with Crippen LogP contribution in [-0.2, 0) is 4.74 Å². The summed E-state index contributed by atoms with van der Waals surface area (Å²) in [7, 11) is 0. The number of aromatic nitrogens is 2. The zero-order valence-corrected chi connectivity index (χ0v) is 14.7. The number of nitrogens with zero attached hydrogens (tertiary/aromatic N) is 4. The maximum Gasteiger partial charge on any atom is 0.410 e. The van der Waals surface area contributed by atoms with E-state index >= 15 is 0 Å². The maximum atomic E-state index is 12.1. The standard InChI is InChI=1S/C15H20N4O4S/c1-15(2,3)23-14(22)18-6-4-17(5-7-18)12-9-19-11(21)8-10(20)16-13(19)24-12/h8-9,20H,4-7H2,1-3H3. The number of thiazole rings is 1. The van der Waals surface area contributed by atoms with Crippen molar-refractivity contribution in [2.45, 2.75) is 26.4 Å². The fraction of sp³-hybridized carbons (Fsp3) is 0.533. The van der Waals surface area contributed by atoms with Gasteiger partial charge in [0.05, 0.1) is 6.07 Å². The number of ether oxygens (including phenoxy) is 1. The molecule has 0 atom stereocenters. The Balaban J connectivity index is 1.70. The molecule has 3 rings (SSSR count). The molecule has 8 nitrogen and oxygen atoms in total. The van der Waals surface area contributed by atoms with E-state index in [0.29, 0.717) is 31.1 Å². The van der Waals surface area contributed by atoms with Gasteiger partial charge in [-0.2, -0.15) is 4.98 Å². The second-order valence-electron chi connectivity index (χ2n) is 6.63. The van der Waals surface area contributed by atoms with Gasteiger partial charge >= 0.3 is 6.09 Å². The van der Waals surface area contributed by atoms with Crippen molar-refractivity contribution in [1.82, 2.24) is 14.3 Å². The fourth-order valence-corrected chi connectivity index (χ4v) is 3.50. The average Bonchev–Trinajstić information content (AvgIpc) is 2.90. The Bertz CT molecular complexity index is 815. The van der Waals surface area contributed by atoms with Crippen LogP contribution in [0.4, 0.5) is 9.80 Å². The van der Waals surface area contributed by atoms with Crippen LogP contribution in [0.3, 0.4) is 0 Å². The molecule has 0 bridgehead atoms. The molecule has 3 heterocycles. The predicted octanol–water partition coefficient (Wildman–Crippen LogP) is 1.52. The number of amides is 1. The molecular weight excluding hydrogens is 332 g/mol. The third kappa shape index (κ3) is 3.45. The lowest BCUT2D eigenvalue weighted by Crippen LogP contribution is -2.50. The van der Waals surface area contributed by atoms with Crippen LogP contribution in [0.1, 0.15) is 20.8 Å². The first-order chi connectivity index (χ1) is 11.2. The van der Waals surface area contributed by atoms with Crippen molar-refractivity contribution < 1.29 is 14.6 Å². The van der Waals surface area contributed by atoms with Gasteiger partial charge in [0.15, 0.2) is 0 Å². The topological polar surface area (TPSA) is 87.4 Å². The van der Waals surface area contributed by atoms with Crippen LogP contribution in [0.5, 0.6) is 5.88 Å². The molecule has 9 heteroatoms. The molecule has 1 fully saturated rings. The summed E-state index contributed by atoms with van der Waals surface area (Å²) in [5.41, 5.74) is -0.818. The minimum Gasteiger partial charge on any atom is -0.493 e. The van der Waals surface area contributed by atoms with E-state index in [2.05, 4.69) is 9.88 Å². The summed E-state index contributed by atoms with van der Waals surface area (Å²) in [6.07, 6.45) is 1.42. The zero-order valence-electron chi connectivity index (χ0n) is 13.9. The first-order valence-electron chi connectivity index (χ1n) is 7.68. The highest BCUT2D eigenvalue weighted by Gasteiger charge is 2.26. The number of hydrogen-bond acceptors (Lipinski definition) is 7. The van der Waals surface area contributed by atoms with Crippen molar-refractivity contribution >= 4 is 27.4 Å². The summed E-state index contributed by atoms with van der Waals surface area (Å²) in [5, 5.41) is 10.3. The largest absolute Gasteiger partial charge is 0.493 e. The summed E-state index contributed by atoms with van der Waals surface area (Å²) in [6.45, 7) is 7.93. The number of carbonyl (C=O) groups excluding carboxylic acids is 1. The van der Waals surface area contributed by atoms with Gasteiger partial charge in [0.2, 0.25) is 10.8 Å². The van der Waals surface area contributed by atoms with E-state index in [1.54, 1.807) is 11.1 Å². The highest BCUT2D eigenvalue weighted by atomic mass is 32.1. The molecule has 0 radical (unpaired) electrons. The van der Waals surface area contributed by atoms with E-state index in [0.717, 1.165) is 11.1 Å². The van der Waals surface area contributed by atoms with Crippen molar-refractivity contribution in [3.05, 3.63) is 22.6 Å². The Morgan fingerprint density at radius 2 is 1.96 bits per heavy atom. The van der Waals surface area contributed by atoms with E-state index in [9.17, 15) is 14.7 Å². The van der Waals surface area contributed by atoms with Crippen LogP contribution in [0.15, 0.2) is 17.1 Å². The Hall–Kier alpha value is -2.29. The number of anilines is 1. The van der Waals surface area contributed by atoms with E-state index in [1.807, 2.05) is 20.8 Å². The lowest BCUT2D eigenvalue weighted by Gasteiger charge is -2.35. The molecule has 0 saturated carbocycles. The zero-order chi connectivity index (χ0) is 17.5. The van der Waals surface area contributed by atoms with Gasteiger partial charge in [-0.1, -0.05) is 11.3 Å². The van der Waals surface area contributed by atoms with Gasteiger partial charge in [0.25, 0.3) is 5.56 Å². The lowest BCUT2D eigenvalue weighted by atomic mass is 10.2. The number of piperazine rings is 1. The van der Waals surface area contributed by atoms with Crippen molar-refractivity contribution in [3.63, 3.8) is 0 Å². The van der Waals surface area contributed by atoms with Crippen LogP contribution in [0.2, 0.25) is 0 Å². The van der Waals surface area contributed by atoms with Gasteiger partial charge in [-0.25, -0.2) is 4.79 Å². The maximum absolute atomic E-state index is 12.1. The average molecular weight is 352 g/mol. The highest BCUT2D eigenvalue weighted by molar-refractivity contribution is 7.20. The van der Waals surface area contributed by atoms with E-state index in [4.69, 9.17) is 4.74 Å². The molecule has 1 aliphatic rings. The number of hydrogen-bond donors (Lipinski definition) is 1. The molecule has 0 unspecified atom stereocenters. The van der Waals surface area contributed by atoms with Crippen molar-refractivity contribution in [1.29, 1.82) is 0 Å². The Kier molecular flexibility index (Phi) is 4.12. The van der Waals surface area contributed by atoms with E-state index < -0.39 is 5.60 Å². The van der Waals surface area contributed by atoms with Gasteiger partial charge in [0, 0.05) is 32.4 Å².